The summed E-state index contributed by atoms with van der Waals surface area (Å²) in [5.74, 6) is -3.04. The van der Waals surface area contributed by atoms with Gasteiger partial charge >= 0.3 is 5.97 Å². The topological polar surface area (TPSA) is 82.8 Å². The van der Waals surface area contributed by atoms with E-state index in [0.29, 0.717) is 11.3 Å². The van der Waals surface area contributed by atoms with Crippen LogP contribution in [-0.4, -0.2) is 37.6 Å². The maximum absolute atomic E-state index is 15.3. The number of ether oxygens (including phenoxy) is 1. The van der Waals surface area contributed by atoms with Gasteiger partial charge < -0.3 is 9.30 Å². The van der Waals surface area contributed by atoms with Crippen LogP contribution in [0.25, 0.3) is 33.5 Å². The molecule has 0 fully saturated rings. The number of esters is 1. The van der Waals surface area contributed by atoms with Gasteiger partial charge in [0.25, 0.3) is 0 Å². The highest BCUT2D eigenvalue weighted by atomic mass is 19.1. The first-order valence-electron chi connectivity index (χ1n) is 10.2. The van der Waals surface area contributed by atoms with Crippen molar-refractivity contribution in [1.29, 1.82) is 0 Å². The average Bonchev–Trinajstić information content (AvgIpc) is 3.26. The Hall–Kier alpha value is -4.34. The minimum atomic E-state index is -0.822. The zero-order chi connectivity index (χ0) is 24.0. The van der Waals surface area contributed by atoms with Crippen molar-refractivity contribution in [2.45, 2.75) is 13.0 Å². The fourth-order valence-electron chi connectivity index (χ4n) is 3.87. The van der Waals surface area contributed by atoms with E-state index in [4.69, 9.17) is 0 Å². The lowest BCUT2D eigenvalue weighted by Gasteiger charge is -2.17. The van der Waals surface area contributed by atoms with Crippen molar-refractivity contribution in [1.82, 2.24) is 24.5 Å². The van der Waals surface area contributed by atoms with Crippen molar-refractivity contribution in [3.63, 3.8) is 0 Å². The fourth-order valence-corrected chi connectivity index (χ4v) is 3.87. The van der Waals surface area contributed by atoms with Crippen LogP contribution in [0.5, 0.6) is 0 Å². The van der Waals surface area contributed by atoms with Crippen LogP contribution >= 0.6 is 0 Å². The molecule has 0 bridgehead atoms. The Morgan fingerprint density at radius 1 is 1.06 bits per heavy atom. The second kappa shape index (κ2) is 8.22. The number of imidazole rings is 1. The zero-order valence-electron chi connectivity index (χ0n) is 18.0. The lowest BCUT2D eigenvalue weighted by atomic mass is 10.0. The van der Waals surface area contributed by atoms with Crippen molar-refractivity contribution in [2.24, 2.45) is 0 Å². The number of methoxy groups -OCH3 is 1. The highest BCUT2D eigenvalue weighted by molar-refractivity contribution is 5.90. The van der Waals surface area contributed by atoms with E-state index >= 15 is 4.39 Å². The summed E-state index contributed by atoms with van der Waals surface area (Å²) < 4.78 is 50.6. The molecule has 0 spiro atoms. The minimum Gasteiger partial charge on any atom is -0.465 e. The second-order valence-corrected chi connectivity index (χ2v) is 7.57. The molecule has 0 saturated heterocycles. The average molecular weight is 463 g/mol. The molecular formula is C24H16F3N5O2. The number of halogens is 3. The number of benzene rings is 2. The van der Waals surface area contributed by atoms with Gasteiger partial charge in [0.1, 0.15) is 17.5 Å². The number of hydrogen-bond donors (Lipinski definition) is 0. The van der Waals surface area contributed by atoms with Gasteiger partial charge in [-0.3, -0.25) is 4.98 Å². The van der Waals surface area contributed by atoms with Crippen LogP contribution in [0.15, 0.2) is 55.1 Å². The predicted molar refractivity (Wildman–Crippen MR) is 118 cm³/mol. The van der Waals surface area contributed by atoms with Crippen molar-refractivity contribution < 1.29 is 22.7 Å². The van der Waals surface area contributed by atoms with Crippen LogP contribution in [0, 0.1) is 17.5 Å². The molecule has 2 aromatic carbocycles. The molecule has 0 aliphatic rings. The first-order valence-corrected chi connectivity index (χ1v) is 10.2. The van der Waals surface area contributed by atoms with E-state index in [2.05, 4.69) is 24.7 Å². The van der Waals surface area contributed by atoms with Crippen LogP contribution in [0.4, 0.5) is 13.2 Å². The molecule has 10 heteroatoms. The summed E-state index contributed by atoms with van der Waals surface area (Å²) in [6.07, 6.45) is 4.26. The predicted octanol–water partition coefficient (Wildman–Crippen LogP) is 4.85. The van der Waals surface area contributed by atoms with Crippen LogP contribution in [-0.2, 0) is 4.74 Å². The first kappa shape index (κ1) is 21.5. The lowest BCUT2D eigenvalue weighted by molar-refractivity contribution is 0.0595. The van der Waals surface area contributed by atoms with E-state index in [-0.39, 0.29) is 33.3 Å². The SMILES string of the molecule is COC(=O)c1ccc(-c2cnc3ncn(C(C)c4c(F)cc5ncccc5c4F)c3n2)cc1F. The summed E-state index contributed by atoms with van der Waals surface area (Å²) >= 11 is 0. The van der Waals surface area contributed by atoms with Gasteiger partial charge in [-0.25, -0.2) is 32.9 Å². The smallest absolute Gasteiger partial charge is 0.340 e. The van der Waals surface area contributed by atoms with Gasteiger partial charge in [0, 0.05) is 28.8 Å². The van der Waals surface area contributed by atoms with E-state index in [9.17, 15) is 13.6 Å². The van der Waals surface area contributed by atoms with Gasteiger partial charge in [-0.1, -0.05) is 6.07 Å². The molecule has 0 aliphatic heterocycles. The molecule has 0 saturated carbocycles. The van der Waals surface area contributed by atoms with Crippen molar-refractivity contribution in [3.05, 3.63) is 83.7 Å². The van der Waals surface area contributed by atoms with Crippen molar-refractivity contribution >= 4 is 28.2 Å². The number of hydrogen-bond acceptors (Lipinski definition) is 6. The molecule has 3 aromatic heterocycles. The molecule has 1 unspecified atom stereocenters. The number of pyridine rings is 1. The molecule has 1 atom stereocenters. The van der Waals surface area contributed by atoms with E-state index < -0.39 is 29.5 Å². The fraction of sp³-hybridized carbons (Fsp3) is 0.125. The van der Waals surface area contributed by atoms with Crippen LogP contribution in [0.3, 0.4) is 0 Å². The third kappa shape index (κ3) is 3.43. The number of nitrogens with zero attached hydrogens (tertiary/aromatic N) is 5. The minimum absolute atomic E-state index is 0.166. The molecule has 34 heavy (non-hydrogen) atoms. The molecule has 5 aromatic rings. The molecular weight excluding hydrogens is 447 g/mol. The summed E-state index contributed by atoms with van der Waals surface area (Å²) in [6, 6.07) is 7.41. The van der Waals surface area contributed by atoms with Gasteiger partial charge in [-0.05, 0) is 31.2 Å². The third-order valence-corrected chi connectivity index (χ3v) is 5.62. The number of rotatable bonds is 4. The Morgan fingerprint density at radius 3 is 2.65 bits per heavy atom. The summed E-state index contributed by atoms with van der Waals surface area (Å²) in [6.45, 7) is 1.62. The van der Waals surface area contributed by atoms with Crippen LogP contribution in [0.2, 0.25) is 0 Å². The van der Waals surface area contributed by atoms with Gasteiger partial charge in [0.05, 0.1) is 42.4 Å². The maximum Gasteiger partial charge on any atom is 0.340 e. The largest absolute Gasteiger partial charge is 0.465 e. The highest BCUT2D eigenvalue weighted by Crippen LogP contribution is 2.31. The molecule has 7 nitrogen and oxygen atoms in total. The number of carbonyl (C=O) groups is 1. The summed E-state index contributed by atoms with van der Waals surface area (Å²) in [5.41, 5.74) is 0.993. The molecule has 0 N–H and O–H groups in total. The Labute approximate surface area is 190 Å². The summed E-state index contributed by atoms with van der Waals surface area (Å²) in [7, 11) is 1.16. The maximum atomic E-state index is 15.3. The molecule has 0 amide bonds. The Balaban J connectivity index is 1.60. The Kier molecular flexibility index (Phi) is 5.20. The number of aromatic nitrogens is 5. The molecule has 170 valence electrons. The monoisotopic (exact) mass is 463 g/mol. The van der Waals surface area contributed by atoms with Crippen molar-refractivity contribution in [3.8, 4) is 11.3 Å². The Bertz CT molecular complexity index is 1580. The number of carbonyl (C=O) groups excluding carboxylic acids is 1. The van der Waals surface area contributed by atoms with Gasteiger partial charge in [-0.2, -0.15) is 0 Å². The third-order valence-electron chi connectivity index (χ3n) is 5.62. The van der Waals surface area contributed by atoms with Gasteiger partial charge in [-0.15, -0.1) is 0 Å². The van der Waals surface area contributed by atoms with E-state index in [1.54, 1.807) is 13.0 Å². The molecule has 5 rings (SSSR count). The molecule has 0 aliphatic carbocycles. The lowest BCUT2D eigenvalue weighted by Crippen LogP contribution is -2.11. The van der Waals surface area contributed by atoms with Crippen LogP contribution < -0.4 is 0 Å². The molecule has 3 heterocycles. The highest BCUT2D eigenvalue weighted by Gasteiger charge is 2.23. The normalized spacial score (nSPS) is 12.3. The quantitative estimate of drug-likeness (QED) is 0.354. The van der Waals surface area contributed by atoms with Gasteiger partial charge in [0.15, 0.2) is 11.3 Å². The first-order chi connectivity index (χ1) is 16.4. The number of fused-ring (bicyclic) bond motifs is 2. The standard InChI is InChI=1S/C24H16F3N5O2/c1-12(20-17(26)9-18-15(21(20)27)4-3-7-28-18)32-11-30-22-23(32)31-19(10-29-22)13-5-6-14(16(25)8-13)24(33)34-2/h3-12H,1-2H3. The van der Waals surface area contributed by atoms with E-state index in [1.165, 1.54) is 47.6 Å². The second-order valence-electron chi connectivity index (χ2n) is 7.57. The van der Waals surface area contributed by atoms with Crippen molar-refractivity contribution in [2.75, 3.05) is 7.11 Å². The summed E-state index contributed by atoms with van der Waals surface area (Å²) in [5, 5.41) is 0.197. The van der Waals surface area contributed by atoms with E-state index in [1.807, 2.05) is 0 Å². The van der Waals surface area contributed by atoms with Crippen LogP contribution in [0.1, 0.15) is 28.9 Å². The molecule has 0 radical (unpaired) electrons. The van der Waals surface area contributed by atoms with Gasteiger partial charge in [0.2, 0.25) is 0 Å². The van der Waals surface area contributed by atoms with E-state index in [0.717, 1.165) is 13.2 Å². The Morgan fingerprint density at radius 2 is 1.88 bits per heavy atom. The zero-order valence-corrected chi connectivity index (χ0v) is 18.0. The summed E-state index contributed by atoms with van der Waals surface area (Å²) in [4.78, 5) is 28.6.